The Morgan fingerprint density at radius 3 is 2.69 bits per heavy atom. The molecule has 1 heterocycles. The first kappa shape index (κ1) is 22.4. The van der Waals surface area contributed by atoms with Gasteiger partial charge in [0.15, 0.2) is 11.5 Å². The number of methoxy groups -OCH3 is 1. The zero-order chi connectivity index (χ0) is 20.5. The fourth-order valence-electron chi connectivity index (χ4n) is 3.23. The fourth-order valence-corrected chi connectivity index (χ4v) is 3.88. The van der Waals surface area contributed by atoms with Gasteiger partial charge in [0, 0.05) is 34.7 Å². The second-order valence-electron chi connectivity index (χ2n) is 6.96. The molecule has 29 heavy (non-hydrogen) atoms. The number of halogens is 2. The van der Waals surface area contributed by atoms with Gasteiger partial charge in [0.05, 0.1) is 20.3 Å². The third-order valence-electron chi connectivity index (χ3n) is 4.92. The van der Waals surface area contributed by atoms with Crippen molar-refractivity contribution < 1.29 is 14.2 Å². The molecule has 1 fully saturated rings. The molecular weight excluding hydrogens is 456 g/mol. The van der Waals surface area contributed by atoms with Crippen molar-refractivity contribution in [3.63, 3.8) is 0 Å². The van der Waals surface area contributed by atoms with Crippen LogP contribution in [0.15, 0.2) is 40.9 Å². The first-order valence-corrected chi connectivity index (χ1v) is 11.1. The minimum atomic E-state index is 0.390. The number of benzene rings is 2. The van der Waals surface area contributed by atoms with Crippen molar-refractivity contribution in [3.8, 4) is 11.5 Å². The molecule has 2 aromatic carbocycles. The Labute approximate surface area is 186 Å². The predicted molar refractivity (Wildman–Crippen MR) is 120 cm³/mol. The van der Waals surface area contributed by atoms with E-state index in [1.54, 1.807) is 7.11 Å². The molecule has 0 aliphatic carbocycles. The van der Waals surface area contributed by atoms with E-state index in [0.29, 0.717) is 23.1 Å². The molecule has 0 aromatic heterocycles. The third kappa shape index (κ3) is 6.86. The SMILES string of the molecule is COc1cc(CNCCCN2CCOCC2)c(Br)cc1OCc1ccccc1Cl. The monoisotopic (exact) mass is 482 g/mol. The van der Waals surface area contributed by atoms with E-state index in [-0.39, 0.29) is 0 Å². The predicted octanol–water partition coefficient (Wildman–Crippen LogP) is 4.50. The Kier molecular flexibility index (Phi) is 9.08. The van der Waals surface area contributed by atoms with Crippen molar-refractivity contribution in [1.29, 1.82) is 0 Å². The van der Waals surface area contributed by atoms with Gasteiger partial charge in [0.2, 0.25) is 0 Å². The highest BCUT2D eigenvalue weighted by Crippen LogP contribution is 2.34. The molecule has 2 aromatic rings. The molecule has 0 spiro atoms. The van der Waals surface area contributed by atoms with Crippen molar-refractivity contribution in [2.24, 2.45) is 0 Å². The van der Waals surface area contributed by atoms with Crippen molar-refractivity contribution in [3.05, 3.63) is 57.0 Å². The molecule has 1 saturated heterocycles. The molecule has 0 unspecified atom stereocenters. The number of nitrogens with zero attached hydrogens (tertiary/aromatic N) is 1. The van der Waals surface area contributed by atoms with Gasteiger partial charge >= 0.3 is 0 Å². The van der Waals surface area contributed by atoms with Crippen LogP contribution in [0.1, 0.15) is 17.5 Å². The molecule has 0 bridgehead atoms. The van der Waals surface area contributed by atoms with Crippen molar-refractivity contribution in [1.82, 2.24) is 10.2 Å². The van der Waals surface area contributed by atoms with Crippen LogP contribution in [-0.2, 0) is 17.9 Å². The molecule has 1 aliphatic rings. The number of hydrogen-bond donors (Lipinski definition) is 1. The lowest BCUT2D eigenvalue weighted by Crippen LogP contribution is -2.37. The summed E-state index contributed by atoms with van der Waals surface area (Å²) in [4.78, 5) is 2.45. The first-order valence-electron chi connectivity index (χ1n) is 9.91. The second-order valence-corrected chi connectivity index (χ2v) is 8.22. The van der Waals surface area contributed by atoms with Gasteiger partial charge < -0.3 is 19.5 Å². The lowest BCUT2D eigenvalue weighted by molar-refractivity contribution is 0.0374. The van der Waals surface area contributed by atoms with Gasteiger partial charge in [-0.15, -0.1) is 0 Å². The van der Waals surface area contributed by atoms with E-state index in [9.17, 15) is 0 Å². The maximum absolute atomic E-state index is 6.22. The van der Waals surface area contributed by atoms with Crippen LogP contribution in [0.3, 0.4) is 0 Å². The normalized spacial score (nSPS) is 14.7. The standard InChI is InChI=1S/C22H28BrClN2O3/c1-27-21-13-18(15-25-7-4-8-26-9-11-28-12-10-26)19(23)14-22(21)29-16-17-5-2-3-6-20(17)24/h2-3,5-6,13-14,25H,4,7-12,15-16H2,1H3. The van der Waals surface area contributed by atoms with Gasteiger partial charge in [-0.3, -0.25) is 4.90 Å². The molecule has 1 N–H and O–H groups in total. The molecule has 1 aliphatic heterocycles. The van der Waals surface area contributed by atoms with E-state index >= 15 is 0 Å². The molecule has 7 heteroatoms. The minimum Gasteiger partial charge on any atom is -0.493 e. The first-order chi connectivity index (χ1) is 14.2. The van der Waals surface area contributed by atoms with Crippen LogP contribution in [0.2, 0.25) is 5.02 Å². The van der Waals surface area contributed by atoms with E-state index < -0.39 is 0 Å². The molecule has 0 saturated carbocycles. The maximum Gasteiger partial charge on any atom is 0.162 e. The van der Waals surface area contributed by atoms with Crippen molar-refractivity contribution >= 4 is 27.5 Å². The molecule has 5 nitrogen and oxygen atoms in total. The average Bonchev–Trinajstić information content (AvgIpc) is 2.74. The molecule has 0 amide bonds. The van der Waals surface area contributed by atoms with E-state index in [2.05, 4.69) is 26.1 Å². The minimum absolute atomic E-state index is 0.390. The van der Waals surface area contributed by atoms with E-state index in [4.69, 9.17) is 25.8 Å². The summed E-state index contributed by atoms with van der Waals surface area (Å²) < 4.78 is 17.9. The Morgan fingerprint density at radius 2 is 1.93 bits per heavy atom. The lowest BCUT2D eigenvalue weighted by Gasteiger charge is -2.26. The van der Waals surface area contributed by atoms with Crippen LogP contribution in [0.5, 0.6) is 11.5 Å². The van der Waals surface area contributed by atoms with E-state index in [0.717, 1.165) is 68.0 Å². The fraction of sp³-hybridized carbons (Fsp3) is 0.455. The topological polar surface area (TPSA) is 43.0 Å². The van der Waals surface area contributed by atoms with E-state index in [1.807, 2.05) is 36.4 Å². The van der Waals surface area contributed by atoms with Crippen LogP contribution in [-0.4, -0.2) is 51.4 Å². The highest BCUT2D eigenvalue weighted by atomic mass is 79.9. The lowest BCUT2D eigenvalue weighted by atomic mass is 10.2. The smallest absolute Gasteiger partial charge is 0.162 e. The largest absolute Gasteiger partial charge is 0.493 e. The molecule has 0 atom stereocenters. The number of hydrogen-bond acceptors (Lipinski definition) is 5. The van der Waals surface area contributed by atoms with Crippen LogP contribution in [0, 0.1) is 0 Å². The number of morpholine rings is 1. The Balaban J connectivity index is 1.50. The zero-order valence-corrected chi connectivity index (χ0v) is 19.1. The summed E-state index contributed by atoms with van der Waals surface area (Å²) in [6, 6.07) is 11.7. The van der Waals surface area contributed by atoms with Gasteiger partial charge in [0.25, 0.3) is 0 Å². The Hall–Kier alpha value is -1.31. The summed E-state index contributed by atoms with van der Waals surface area (Å²) in [5, 5.41) is 4.21. The summed E-state index contributed by atoms with van der Waals surface area (Å²) in [7, 11) is 1.66. The van der Waals surface area contributed by atoms with E-state index in [1.165, 1.54) is 0 Å². The van der Waals surface area contributed by atoms with Crippen molar-refractivity contribution in [2.45, 2.75) is 19.6 Å². The average molecular weight is 484 g/mol. The number of ether oxygens (including phenoxy) is 3. The number of nitrogens with one attached hydrogen (secondary N) is 1. The summed E-state index contributed by atoms with van der Waals surface area (Å²) in [5.41, 5.74) is 2.08. The third-order valence-corrected chi connectivity index (χ3v) is 6.03. The highest BCUT2D eigenvalue weighted by Gasteiger charge is 2.12. The Morgan fingerprint density at radius 1 is 1.14 bits per heavy atom. The second kappa shape index (κ2) is 11.8. The molecule has 158 valence electrons. The van der Waals surface area contributed by atoms with Crippen LogP contribution in [0.25, 0.3) is 0 Å². The van der Waals surface area contributed by atoms with Crippen LogP contribution >= 0.6 is 27.5 Å². The summed E-state index contributed by atoms with van der Waals surface area (Å²) in [6.45, 7) is 7.02. The molecule has 3 rings (SSSR count). The summed E-state index contributed by atoms with van der Waals surface area (Å²) >= 11 is 9.87. The molecular formula is C22H28BrClN2O3. The molecule has 0 radical (unpaired) electrons. The summed E-state index contributed by atoms with van der Waals surface area (Å²) in [6.07, 6.45) is 1.12. The van der Waals surface area contributed by atoms with Crippen LogP contribution < -0.4 is 14.8 Å². The quantitative estimate of drug-likeness (QED) is 0.504. The Bertz CT molecular complexity index is 785. The van der Waals surface area contributed by atoms with Gasteiger partial charge in [-0.1, -0.05) is 45.7 Å². The van der Waals surface area contributed by atoms with Gasteiger partial charge in [-0.25, -0.2) is 0 Å². The van der Waals surface area contributed by atoms with Gasteiger partial charge in [0.1, 0.15) is 6.61 Å². The van der Waals surface area contributed by atoms with Gasteiger partial charge in [-0.05, 0) is 43.3 Å². The van der Waals surface area contributed by atoms with Crippen molar-refractivity contribution in [2.75, 3.05) is 46.5 Å². The zero-order valence-electron chi connectivity index (χ0n) is 16.8. The van der Waals surface area contributed by atoms with Crippen LogP contribution in [0.4, 0.5) is 0 Å². The highest BCUT2D eigenvalue weighted by molar-refractivity contribution is 9.10. The number of rotatable bonds is 10. The summed E-state index contributed by atoms with van der Waals surface area (Å²) in [5.74, 6) is 1.40. The van der Waals surface area contributed by atoms with Gasteiger partial charge in [-0.2, -0.15) is 0 Å². The maximum atomic E-state index is 6.22.